The predicted octanol–water partition coefficient (Wildman–Crippen LogP) is 2.12. The summed E-state index contributed by atoms with van der Waals surface area (Å²) < 4.78 is 0. The molecule has 2 N–H and O–H groups in total. The van der Waals surface area contributed by atoms with E-state index >= 15 is 0 Å². The Labute approximate surface area is 95.0 Å². The Kier molecular flexibility index (Phi) is 2.15. The lowest BCUT2D eigenvalue weighted by Crippen LogP contribution is -2.38. The van der Waals surface area contributed by atoms with Crippen molar-refractivity contribution in [3.05, 3.63) is 29.3 Å². The van der Waals surface area contributed by atoms with Gasteiger partial charge in [-0.05, 0) is 42.5 Å². The molecule has 3 unspecified atom stereocenters. The first-order valence-corrected chi connectivity index (χ1v) is 5.89. The number of nitrogens with two attached hydrogens (primary N) is 1. The molecule has 80 valence electrons. The van der Waals surface area contributed by atoms with Crippen LogP contribution in [-0.4, -0.2) is 19.1 Å². The van der Waals surface area contributed by atoms with Crippen LogP contribution < -0.4 is 10.6 Å². The number of benzene rings is 1. The van der Waals surface area contributed by atoms with E-state index in [9.17, 15) is 0 Å². The van der Waals surface area contributed by atoms with Crippen LogP contribution in [0.15, 0.2) is 24.3 Å². The van der Waals surface area contributed by atoms with E-state index in [1.54, 1.807) is 0 Å². The van der Waals surface area contributed by atoms with Gasteiger partial charge in [0.25, 0.3) is 0 Å². The Balaban J connectivity index is 1.85. The number of rotatable bonds is 2. The highest BCUT2D eigenvalue weighted by Crippen LogP contribution is 2.50. The maximum atomic E-state index is 5.88. The number of fused-ring (bicyclic) bond motifs is 1. The van der Waals surface area contributed by atoms with Crippen LogP contribution in [0.25, 0.3) is 0 Å². The van der Waals surface area contributed by atoms with Crippen molar-refractivity contribution in [3.63, 3.8) is 0 Å². The Morgan fingerprint density at radius 1 is 1.33 bits per heavy atom. The highest BCUT2D eigenvalue weighted by molar-refractivity contribution is 6.30. The zero-order chi connectivity index (χ0) is 10.4. The summed E-state index contributed by atoms with van der Waals surface area (Å²) in [6.45, 7) is 1.94. The Morgan fingerprint density at radius 3 is 2.73 bits per heavy atom. The standard InChI is InChI=1S/C12H15ClN2/c13-9-1-3-10(4-2-9)15-7-8-5-11(8)12(15)6-14/h1-4,8,11-12H,5-7,14H2. The molecule has 1 aromatic carbocycles. The van der Waals surface area contributed by atoms with E-state index in [1.165, 1.54) is 18.7 Å². The summed E-state index contributed by atoms with van der Waals surface area (Å²) >= 11 is 5.88. The smallest absolute Gasteiger partial charge is 0.0444 e. The number of hydrogen-bond acceptors (Lipinski definition) is 2. The lowest BCUT2D eigenvalue weighted by molar-refractivity contribution is 0.605. The van der Waals surface area contributed by atoms with Crippen molar-refractivity contribution >= 4 is 17.3 Å². The average molecular weight is 223 g/mol. The second-order valence-corrected chi connectivity index (χ2v) is 5.03. The Morgan fingerprint density at radius 2 is 2.07 bits per heavy atom. The first kappa shape index (κ1) is 9.49. The van der Waals surface area contributed by atoms with Crippen molar-refractivity contribution in [1.82, 2.24) is 0 Å². The van der Waals surface area contributed by atoms with Crippen molar-refractivity contribution in [1.29, 1.82) is 0 Å². The number of halogens is 1. The second kappa shape index (κ2) is 3.39. The molecule has 3 heteroatoms. The third-order valence-corrected chi connectivity index (χ3v) is 3.95. The van der Waals surface area contributed by atoms with Gasteiger partial charge >= 0.3 is 0 Å². The summed E-state index contributed by atoms with van der Waals surface area (Å²) in [5, 5.41) is 0.799. The summed E-state index contributed by atoms with van der Waals surface area (Å²) in [4.78, 5) is 2.44. The van der Waals surface area contributed by atoms with Crippen LogP contribution in [0.2, 0.25) is 5.02 Å². The fraction of sp³-hybridized carbons (Fsp3) is 0.500. The van der Waals surface area contributed by atoms with Gasteiger partial charge in [0.2, 0.25) is 0 Å². The highest BCUT2D eigenvalue weighted by Gasteiger charge is 2.51. The number of hydrogen-bond donors (Lipinski definition) is 1. The zero-order valence-corrected chi connectivity index (χ0v) is 9.32. The topological polar surface area (TPSA) is 29.3 Å². The molecule has 1 heterocycles. The van der Waals surface area contributed by atoms with Crippen LogP contribution in [0.1, 0.15) is 6.42 Å². The van der Waals surface area contributed by atoms with E-state index in [0.29, 0.717) is 6.04 Å². The molecule has 0 radical (unpaired) electrons. The van der Waals surface area contributed by atoms with E-state index in [4.69, 9.17) is 17.3 Å². The summed E-state index contributed by atoms with van der Waals surface area (Å²) in [5.41, 5.74) is 7.11. The van der Waals surface area contributed by atoms with Gasteiger partial charge in [-0.2, -0.15) is 0 Å². The van der Waals surface area contributed by atoms with Crippen LogP contribution in [0.5, 0.6) is 0 Å². The van der Waals surface area contributed by atoms with Crippen molar-refractivity contribution in [2.45, 2.75) is 12.5 Å². The molecule has 15 heavy (non-hydrogen) atoms. The lowest BCUT2D eigenvalue weighted by atomic mass is 10.1. The molecule has 0 amide bonds. The minimum atomic E-state index is 0.552. The normalized spacial score (nSPS) is 32.9. The first-order chi connectivity index (χ1) is 7.29. The monoisotopic (exact) mass is 222 g/mol. The molecule has 1 saturated heterocycles. The van der Waals surface area contributed by atoms with E-state index in [0.717, 1.165) is 23.4 Å². The van der Waals surface area contributed by atoms with Gasteiger partial charge in [-0.15, -0.1) is 0 Å². The number of piperidine rings is 1. The largest absolute Gasteiger partial charge is 0.367 e. The van der Waals surface area contributed by atoms with Gasteiger partial charge in [0, 0.05) is 29.8 Å². The van der Waals surface area contributed by atoms with Gasteiger partial charge in [0.15, 0.2) is 0 Å². The van der Waals surface area contributed by atoms with Crippen LogP contribution >= 0.6 is 11.6 Å². The summed E-state index contributed by atoms with van der Waals surface area (Å²) in [6, 6.07) is 8.64. The molecule has 3 atom stereocenters. The summed E-state index contributed by atoms with van der Waals surface area (Å²) in [6.07, 6.45) is 1.38. The summed E-state index contributed by atoms with van der Waals surface area (Å²) in [5.74, 6) is 1.75. The lowest BCUT2D eigenvalue weighted by Gasteiger charge is -2.28. The van der Waals surface area contributed by atoms with Crippen LogP contribution in [0.4, 0.5) is 5.69 Å². The molecule has 1 aliphatic carbocycles. The van der Waals surface area contributed by atoms with Crippen LogP contribution in [0, 0.1) is 11.8 Å². The molecule has 1 aliphatic heterocycles. The fourth-order valence-electron chi connectivity index (χ4n) is 2.80. The van der Waals surface area contributed by atoms with E-state index in [2.05, 4.69) is 17.0 Å². The average Bonchev–Trinajstić information content (AvgIpc) is 2.92. The molecule has 2 nitrogen and oxygen atoms in total. The van der Waals surface area contributed by atoms with Crippen LogP contribution in [-0.2, 0) is 0 Å². The van der Waals surface area contributed by atoms with Gasteiger partial charge in [-0.25, -0.2) is 0 Å². The quantitative estimate of drug-likeness (QED) is 0.831. The SMILES string of the molecule is NCC1C2CC2CN1c1ccc(Cl)cc1. The first-order valence-electron chi connectivity index (χ1n) is 5.52. The molecule has 2 fully saturated rings. The minimum Gasteiger partial charge on any atom is -0.367 e. The van der Waals surface area contributed by atoms with E-state index < -0.39 is 0 Å². The molecule has 2 aliphatic rings. The third-order valence-electron chi connectivity index (χ3n) is 3.70. The predicted molar refractivity (Wildman–Crippen MR) is 63.2 cm³/mol. The van der Waals surface area contributed by atoms with Crippen molar-refractivity contribution in [2.24, 2.45) is 17.6 Å². The molecule has 0 spiro atoms. The van der Waals surface area contributed by atoms with E-state index in [1.807, 2.05) is 12.1 Å². The molecule has 1 saturated carbocycles. The van der Waals surface area contributed by atoms with Gasteiger partial charge in [-0.1, -0.05) is 11.6 Å². The molecule has 1 aromatic rings. The third kappa shape index (κ3) is 1.52. The van der Waals surface area contributed by atoms with Gasteiger partial charge in [0.1, 0.15) is 0 Å². The van der Waals surface area contributed by atoms with Crippen molar-refractivity contribution < 1.29 is 0 Å². The van der Waals surface area contributed by atoms with Crippen molar-refractivity contribution in [3.8, 4) is 0 Å². The van der Waals surface area contributed by atoms with E-state index in [-0.39, 0.29) is 0 Å². The Bertz CT molecular complexity index is 362. The van der Waals surface area contributed by atoms with Gasteiger partial charge in [0.05, 0.1) is 0 Å². The maximum absolute atomic E-state index is 5.88. The summed E-state index contributed by atoms with van der Waals surface area (Å²) in [7, 11) is 0. The minimum absolute atomic E-state index is 0.552. The molecule has 0 aromatic heterocycles. The number of anilines is 1. The van der Waals surface area contributed by atoms with Gasteiger partial charge in [-0.3, -0.25) is 0 Å². The molecule has 0 bridgehead atoms. The van der Waals surface area contributed by atoms with Gasteiger partial charge < -0.3 is 10.6 Å². The van der Waals surface area contributed by atoms with Crippen molar-refractivity contribution in [2.75, 3.05) is 18.0 Å². The zero-order valence-electron chi connectivity index (χ0n) is 8.57. The molecule has 3 rings (SSSR count). The molecular formula is C12H15ClN2. The highest BCUT2D eigenvalue weighted by atomic mass is 35.5. The fourth-order valence-corrected chi connectivity index (χ4v) is 2.93. The van der Waals surface area contributed by atoms with Crippen LogP contribution in [0.3, 0.4) is 0 Å². The Hall–Kier alpha value is -0.730. The molecular weight excluding hydrogens is 208 g/mol. The number of nitrogens with zero attached hydrogens (tertiary/aromatic N) is 1. The maximum Gasteiger partial charge on any atom is 0.0444 e. The second-order valence-electron chi connectivity index (χ2n) is 4.59.